The van der Waals surface area contributed by atoms with Crippen LogP contribution in [0.1, 0.15) is 12.0 Å². The van der Waals surface area contributed by atoms with Gasteiger partial charge in [-0.2, -0.15) is 0 Å². The van der Waals surface area contributed by atoms with Gasteiger partial charge in [-0.25, -0.2) is 9.97 Å². The lowest BCUT2D eigenvalue weighted by molar-refractivity contribution is 0.325. The van der Waals surface area contributed by atoms with E-state index in [-0.39, 0.29) is 0 Å². The summed E-state index contributed by atoms with van der Waals surface area (Å²) < 4.78 is 1.19. The van der Waals surface area contributed by atoms with E-state index in [1.54, 1.807) is 12.5 Å². The Morgan fingerprint density at radius 2 is 2.19 bits per heavy atom. The van der Waals surface area contributed by atoms with Gasteiger partial charge < -0.3 is 4.90 Å². The van der Waals surface area contributed by atoms with E-state index in [9.17, 15) is 0 Å². The third-order valence-electron chi connectivity index (χ3n) is 4.07. The molecule has 5 heteroatoms. The van der Waals surface area contributed by atoms with E-state index in [1.807, 2.05) is 6.07 Å². The Balaban J connectivity index is 1.62. The van der Waals surface area contributed by atoms with Gasteiger partial charge in [-0.15, -0.1) is 0 Å². The van der Waals surface area contributed by atoms with E-state index in [1.165, 1.54) is 16.5 Å². The molecule has 0 spiro atoms. The van der Waals surface area contributed by atoms with Crippen LogP contribution in [0.15, 0.2) is 47.3 Å². The van der Waals surface area contributed by atoms with Crippen LogP contribution in [0, 0.1) is 0 Å². The SMILES string of the molecule is CN(c1ccncn1)C1CCN(Cc2ccccc2Br)C1. The molecule has 1 aromatic carbocycles. The lowest BCUT2D eigenvalue weighted by atomic mass is 10.2. The van der Waals surface area contributed by atoms with Crippen LogP contribution in [0.3, 0.4) is 0 Å². The summed E-state index contributed by atoms with van der Waals surface area (Å²) >= 11 is 3.63. The summed E-state index contributed by atoms with van der Waals surface area (Å²) in [5, 5.41) is 0. The van der Waals surface area contributed by atoms with Gasteiger partial charge in [0.15, 0.2) is 0 Å². The highest BCUT2D eigenvalue weighted by molar-refractivity contribution is 9.10. The summed E-state index contributed by atoms with van der Waals surface area (Å²) in [5.74, 6) is 0.998. The number of anilines is 1. The van der Waals surface area contributed by atoms with Crippen molar-refractivity contribution >= 4 is 21.7 Å². The van der Waals surface area contributed by atoms with Crippen LogP contribution in [0.5, 0.6) is 0 Å². The number of nitrogens with zero attached hydrogens (tertiary/aromatic N) is 4. The standard InChI is InChI=1S/C16H19BrN4/c1-20(16-6-8-18-12-19-16)14-7-9-21(11-14)10-13-4-2-3-5-15(13)17/h2-6,8,12,14H,7,9-11H2,1H3. The summed E-state index contributed by atoms with van der Waals surface area (Å²) in [6.07, 6.45) is 4.58. The number of hydrogen-bond donors (Lipinski definition) is 0. The quantitative estimate of drug-likeness (QED) is 0.851. The average molecular weight is 347 g/mol. The molecule has 1 aliphatic heterocycles. The largest absolute Gasteiger partial charge is 0.355 e. The minimum absolute atomic E-state index is 0.516. The molecule has 2 heterocycles. The smallest absolute Gasteiger partial charge is 0.131 e. The maximum atomic E-state index is 4.34. The van der Waals surface area contributed by atoms with E-state index >= 15 is 0 Å². The van der Waals surface area contributed by atoms with Gasteiger partial charge in [-0.3, -0.25) is 4.90 Å². The van der Waals surface area contributed by atoms with Crippen LogP contribution < -0.4 is 4.90 Å². The average Bonchev–Trinajstić information content (AvgIpc) is 2.98. The molecule has 0 aliphatic carbocycles. The van der Waals surface area contributed by atoms with Gasteiger partial charge in [0.1, 0.15) is 12.1 Å². The molecule has 0 saturated carbocycles. The van der Waals surface area contributed by atoms with Gasteiger partial charge >= 0.3 is 0 Å². The van der Waals surface area contributed by atoms with Crippen LogP contribution in [0.4, 0.5) is 5.82 Å². The minimum atomic E-state index is 0.516. The molecule has 0 radical (unpaired) electrons. The number of rotatable bonds is 4. The second-order valence-corrected chi connectivity index (χ2v) is 6.30. The summed E-state index contributed by atoms with van der Waals surface area (Å²) in [6, 6.07) is 10.9. The number of likely N-dealkylation sites (tertiary alicyclic amines) is 1. The third-order valence-corrected chi connectivity index (χ3v) is 4.85. The Morgan fingerprint density at radius 3 is 2.95 bits per heavy atom. The second kappa shape index (κ2) is 6.54. The maximum absolute atomic E-state index is 4.34. The van der Waals surface area contributed by atoms with E-state index in [0.29, 0.717) is 6.04 Å². The normalized spacial score (nSPS) is 18.9. The van der Waals surface area contributed by atoms with Crippen LogP contribution in [0.2, 0.25) is 0 Å². The fourth-order valence-electron chi connectivity index (χ4n) is 2.82. The van der Waals surface area contributed by atoms with Gasteiger partial charge in [0.05, 0.1) is 0 Å². The molecule has 2 aromatic rings. The summed E-state index contributed by atoms with van der Waals surface area (Å²) in [6.45, 7) is 3.19. The lowest BCUT2D eigenvalue weighted by Gasteiger charge is -2.25. The van der Waals surface area contributed by atoms with Crippen molar-refractivity contribution in [1.29, 1.82) is 0 Å². The molecule has 21 heavy (non-hydrogen) atoms. The van der Waals surface area contributed by atoms with E-state index in [4.69, 9.17) is 0 Å². The number of likely N-dealkylation sites (N-methyl/N-ethyl adjacent to an activating group) is 1. The number of benzene rings is 1. The molecule has 4 nitrogen and oxygen atoms in total. The first-order chi connectivity index (χ1) is 10.2. The lowest BCUT2D eigenvalue weighted by Crippen LogP contribution is -2.34. The predicted octanol–water partition coefficient (Wildman–Crippen LogP) is 2.95. The topological polar surface area (TPSA) is 32.3 Å². The van der Waals surface area contributed by atoms with Crippen LogP contribution in [-0.4, -0.2) is 41.0 Å². The third kappa shape index (κ3) is 3.41. The highest BCUT2D eigenvalue weighted by Gasteiger charge is 2.26. The molecule has 110 valence electrons. The van der Waals surface area contributed by atoms with Crippen molar-refractivity contribution in [3.63, 3.8) is 0 Å². The maximum Gasteiger partial charge on any atom is 0.131 e. The first-order valence-electron chi connectivity index (χ1n) is 7.18. The molecule has 1 atom stereocenters. The molecule has 0 N–H and O–H groups in total. The zero-order valence-corrected chi connectivity index (χ0v) is 13.7. The van der Waals surface area contributed by atoms with Gasteiger partial charge in [-0.05, 0) is 24.1 Å². The summed E-state index contributed by atoms with van der Waals surface area (Å²) in [4.78, 5) is 13.1. The molecule has 0 bridgehead atoms. The van der Waals surface area contributed by atoms with Gasteiger partial charge in [0, 0.05) is 43.4 Å². The van der Waals surface area contributed by atoms with Crippen molar-refractivity contribution in [2.24, 2.45) is 0 Å². The van der Waals surface area contributed by atoms with E-state index in [2.05, 4.69) is 67.0 Å². The molecule has 1 aromatic heterocycles. The summed E-state index contributed by atoms with van der Waals surface area (Å²) in [5.41, 5.74) is 1.35. The number of halogens is 1. The van der Waals surface area contributed by atoms with Crippen molar-refractivity contribution in [2.75, 3.05) is 25.0 Å². The number of hydrogen-bond acceptors (Lipinski definition) is 4. The van der Waals surface area contributed by atoms with Gasteiger partial charge in [-0.1, -0.05) is 34.1 Å². The second-order valence-electron chi connectivity index (χ2n) is 5.45. The van der Waals surface area contributed by atoms with Crippen LogP contribution in [-0.2, 0) is 6.54 Å². The molecule has 1 unspecified atom stereocenters. The summed E-state index contributed by atoms with van der Waals surface area (Å²) in [7, 11) is 2.12. The highest BCUT2D eigenvalue weighted by Crippen LogP contribution is 2.23. The Bertz CT molecular complexity index is 590. The molecule has 0 amide bonds. The molecule has 3 rings (SSSR count). The van der Waals surface area contributed by atoms with Gasteiger partial charge in [0.25, 0.3) is 0 Å². The zero-order chi connectivity index (χ0) is 14.7. The van der Waals surface area contributed by atoms with Crippen molar-refractivity contribution in [3.8, 4) is 0 Å². The van der Waals surface area contributed by atoms with E-state index in [0.717, 1.165) is 25.5 Å². The van der Waals surface area contributed by atoms with Crippen molar-refractivity contribution < 1.29 is 0 Å². The Labute approximate surface area is 133 Å². The Morgan fingerprint density at radius 1 is 1.33 bits per heavy atom. The predicted molar refractivity (Wildman–Crippen MR) is 88.3 cm³/mol. The monoisotopic (exact) mass is 346 g/mol. The van der Waals surface area contributed by atoms with Crippen LogP contribution >= 0.6 is 15.9 Å². The van der Waals surface area contributed by atoms with Crippen molar-refractivity contribution in [3.05, 3.63) is 52.9 Å². The number of aromatic nitrogens is 2. The highest BCUT2D eigenvalue weighted by atomic mass is 79.9. The molecule has 1 fully saturated rings. The van der Waals surface area contributed by atoms with Crippen molar-refractivity contribution in [1.82, 2.24) is 14.9 Å². The molecule has 1 aliphatic rings. The molecular formula is C16H19BrN4. The minimum Gasteiger partial charge on any atom is -0.355 e. The van der Waals surface area contributed by atoms with Crippen LogP contribution in [0.25, 0.3) is 0 Å². The first-order valence-corrected chi connectivity index (χ1v) is 7.98. The Hall–Kier alpha value is -1.46. The first kappa shape index (κ1) is 14.5. The molecule has 1 saturated heterocycles. The van der Waals surface area contributed by atoms with Crippen molar-refractivity contribution in [2.45, 2.75) is 19.0 Å². The van der Waals surface area contributed by atoms with Gasteiger partial charge in [0.2, 0.25) is 0 Å². The fraction of sp³-hybridized carbons (Fsp3) is 0.375. The van der Waals surface area contributed by atoms with E-state index < -0.39 is 0 Å². The Kier molecular flexibility index (Phi) is 4.51. The molecular weight excluding hydrogens is 328 g/mol. The zero-order valence-electron chi connectivity index (χ0n) is 12.1. The fourth-order valence-corrected chi connectivity index (χ4v) is 3.23.